The van der Waals surface area contributed by atoms with E-state index in [1.165, 1.54) is 11.7 Å². The van der Waals surface area contributed by atoms with Crippen LogP contribution in [0.2, 0.25) is 0 Å². The number of rotatable bonds is 0. The van der Waals surface area contributed by atoms with Crippen LogP contribution in [0.4, 0.5) is 0 Å². The molecule has 1 rings (SSSR count). The second kappa shape index (κ2) is 2.04. The number of aromatic amines is 2. The summed E-state index contributed by atoms with van der Waals surface area (Å²) < 4.78 is 5.81. The molecule has 0 spiro atoms. The molecule has 0 atom stereocenters. The molecule has 0 aliphatic carbocycles. The lowest BCUT2D eigenvalue weighted by Gasteiger charge is -1.73. The minimum absolute atomic E-state index is 1.47. The summed E-state index contributed by atoms with van der Waals surface area (Å²) in [6.07, 6.45) is 1.88. The van der Waals surface area contributed by atoms with Gasteiger partial charge in [-0.3, -0.25) is 3.76 Å². The Morgan fingerprint density at radius 2 is 2.50 bits per heavy atom. The molecule has 0 aliphatic heterocycles. The van der Waals surface area contributed by atoms with Crippen molar-refractivity contribution in [3.8, 4) is 0 Å². The lowest BCUT2D eigenvalue weighted by molar-refractivity contribution is 1.54. The molecule has 0 saturated heterocycles. The lowest BCUT2D eigenvalue weighted by Crippen LogP contribution is -1.54. The Hall–Kier alpha value is -0.220. The number of H-pyrrole nitrogens is 2. The van der Waals surface area contributed by atoms with Gasteiger partial charge in [0.15, 0.2) is 0 Å². The van der Waals surface area contributed by atoms with Gasteiger partial charge in [0.25, 0.3) is 0 Å². The second-order valence-electron chi connectivity index (χ2n) is 0.724. The zero-order valence-corrected chi connectivity index (χ0v) is 4.60. The van der Waals surface area contributed by atoms with Crippen LogP contribution in [-0.2, 0) is 0 Å². The zero-order valence-electron chi connectivity index (χ0n) is 2.97. The van der Waals surface area contributed by atoms with Gasteiger partial charge < -0.3 is 4.37 Å². The van der Waals surface area contributed by atoms with E-state index in [0.29, 0.717) is 0 Å². The Morgan fingerprint density at radius 3 is 2.67 bits per heavy atom. The van der Waals surface area contributed by atoms with Gasteiger partial charge in [-0.15, -0.1) is 0 Å². The van der Waals surface area contributed by atoms with Gasteiger partial charge in [-0.25, -0.2) is 0 Å². The van der Waals surface area contributed by atoms with E-state index in [9.17, 15) is 0 Å². The normalized spacial score (nSPS) is 8.00. The Bertz CT molecular complexity index is 81.5. The first-order chi connectivity index (χ1) is 3.00. The van der Waals surface area contributed by atoms with E-state index in [-0.39, 0.29) is 0 Å². The molecule has 0 saturated carbocycles. The van der Waals surface area contributed by atoms with Crippen LogP contribution in [0.1, 0.15) is 0 Å². The van der Waals surface area contributed by atoms with E-state index in [1.54, 1.807) is 11.5 Å². The van der Waals surface area contributed by atoms with Crippen molar-refractivity contribution < 1.29 is 0 Å². The summed E-state index contributed by atoms with van der Waals surface area (Å²) in [5.41, 5.74) is 0. The maximum Gasteiger partial charge on any atom is 0.0276 e. The molecular weight excluding hydrogens is 116 g/mol. The van der Waals surface area contributed by atoms with Crippen LogP contribution < -0.4 is 0 Å². The van der Waals surface area contributed by atoms with Crippen LogP contribution in [-0.4, -0.2) is 8.14 Å². The first kappa shape index (κ1) is 3.95. The van der Waals surface area contributed by atoms with E-state index in [2.05, 4.69) is 8.14 Å². The molecule has 0 unspecified atom stereocenters. The average Bonchev–Trinajstić information content (AvgIpc) is 1.72. The highest BCUT2D eigenvalue weighted by atomic mass is 32.2. The molecule has 2 N–H and O–H groups in total. The molecule has 1 heterocycles. The third kappa shape index (κ3) is 0.874. The molecule has 1 aromatic rings. The van der Waals surface area contributed by atoms with Crippen LogP contribution >= 0.6 is 23.3 Å². The van der Waals surface area contributed by atoms with Gasteiger partial charge in [-0.05, 0) is 0 Å². The monoisotopic (exact) mass is 120 g/mol. The quantitative estimate of drug-likeness (QED) is 0.521. The zero-order chi connectivity index (χ0) is 4.24. The van der Waals surface area contributed by atoms with Gasteiger partial charge in [-0.1, -0.05) is 11.5 Å². The van der Waals surface area contributed by atoms with Gasteiger partial charge in [0.05, 0.1) is 0 Å². The second-order valence-corrected chi connectivity index (χ2v) is 2.34. The van der Waals surface area contributed by atoms with Crippen molar-refractivity contribution in [1.82, 2.24) is 8.14 Å². The highest BCUT2D eigenvalue weighted by molar-refractivity contribution is 7.13. The summed E-state index contributed by atoms with van der Waals surface area (Å²) in [6, 6.07) is 0. The summed E-state index contributed by atoms with van der Waals surface area (Å²) in [7, 11) is 0. The smallest absolute Gasteiger partial charge is 0.0276 e. The third-order valence-electron chi connectivity index (χ3n) is 0.353. The Balaban J connectivity index is 3.00. The van der Waals surface area contributed by atoms with Gasteiger partial charge >= 0.3 is 0 Å². The molecule has 0 bridgehead atoms. The first-order valence-corrected chi connectivity index (χ1v) is 3.17. The molecule has 4 heteroatoms. The molecular formula is C2H4N2S2. The molecule has 34 valence electrons. The molecule has 0 fully saturated rings. The van der Waals surface area contributed by atoms with Gasteiger partial charge in [-0.2, -0.15) is 0 Å². The van der Waals surface area contributed by atoms with Crippen molar-refractivity contribution in [2.45, 2.75) is 0 Å². The van der Waals surface area contributed by atoms with E-state index in [0.717, 1.165) is 0 Å². The molecule has 0 aliphatic rings. The van der Waals surface area contributed by atoms with Crippen molar-refractivity contribution >= 4 is 23.3 Å². The third-order valence-corrected chi connectivity index (χ3v) is 1.60. The van der Waals surface area contributed by atoms with Gasteiger partial charge in [0, 0.05) is 23.3 Å². The minimum Gasteiger partial charge on any atom is -0.303 e. The molecule has 0 radical (unpaired) electrons. The molecule has 6 heavy (non-hydrogen) atoms. The number of nitrogens with one attached hydrogen (secondary N) is 2. The minimum atomic E-state index is 1.47. The molecule has 0 amide bonds. The SMILES string of the molecule is c1cs[nH]s[nH]1. The summed E-state index contributed by atoms with van der Waals surface area (Å²) in [4.78, 5) is 0. The summed E-state index contributed by atoms with van der Waals surface area (Å²) in [5.74, 6) is 0. The highest BCUT2D eigenvalue weighted by Crippen LogP contribution is 1.85. The number of hydrogen-bond acceptors (Lipinski definition) is 2. The van der Waals surface area contributed by atoms with E-state index >= 15 is 0 Å². The molecule has 0 aromatic carbocycles. The fourth-order valence-corrected chi connectivity index (χ4v) is 1.14. The Morgan fingerprint density at radius 1 is 1.50 bits per heavy atom. The van der Waals surface area contributed by atoms with Crippen molar-refractivity contribution in [2.75, 3.05) is 0 Å². The maximum atomic E-state index is 2.92. The van der Waals surface area contributed by atoms with Crippen molar-refractivity contribution in [2.24, 2.45) is 0 Å². The van der Waals surface area contributed by atoms with Crippen LogP contribution in [0.15, 0.2) is 11.6 Å². The standard InChI is InChI=1S/C2H4N2S2/c1-2-5-4-6-3-1/h1-4H. The van der Waals surface area contributed by atoms with Crippen LogP contribution in [0, 0.1) is 0 Å². The highest BCUT2D eigenvalue weighted by Gasteiger charge is 1.56. The van der Waals surface area contributed by atoms with Crippen molar-refractivity contribution in [3.63, 3.8) is 0 Å². The maximum absolute atomic E-state index is 2.92. The average molecular weight is 120 g/mol. The molecule has 1 aromatic heterocycles. The van der Waals surface area contributed by atoms with E-state index < -0.39 is 0 Å². The van der Waals surface area contributed by atoms with Crippen LogP contribution in [0.25, 0.3) is 0 Å². The predicted molar refractivity (Wildman–Crippen MR) is 28.5 cm³/mol. The number of hydrogen-bond donors (Lipinski definition) is 2. The Kier molecular flexibility index (Phi) is 1.35. The first-order valence-electron chi connectivity index (χ1n) is 1.47. The van der Waals surface area contributed by atoms with Gasteiger partial charge in [0.1, 0.15) is 0 Å². The predicted octanol–water partition coefficient (Wildman–Crippen LogP) is 1.59. The van der Waals surface area contributed by atoms with Crippen molar-refractivity contribution in [1.29, 1.82) is 0 Å². The van der Waals surface area contributed by atoms with Crippen LogP contribution in [0.5, 0.6) is 0 Å². The van der Waals surface area contributed by atoms with Crippen molar-refractivity contribution in [3.05, 3.63) is 11.6 Å². The van der Waals surface area contributed by atoms with E-state index in [4.69, 9.17) is 0 Å². The lowest BCUT2D eigenvalue weighted by atomic mass is 11.1. The topological polar surface area (TPSA) is 31.6 Å². The summed E-state index contributed by atoms with van der Waals surface area (Å²) in [5, 5.41) is 1.94. The largest absolute Gasteiger partial charge is 0.303 e. The van der Waals surface area contributed by atoms with Crippen LogP contribution in [0.3, 0.4) is 0 Å². The van der Waals surface area contributed by atoms with Gasteiger partial charge in [0.2, 0.25) is 0 Å². The fraction of sp³-hybridized carbons (Fsp3) is 0. The molecule has 2 nitrogen and oxygen atoms in total. The van der Waals surface area contributed by atoms with E-state index in [1.807, 2.05) is 11.6 Å². The Labute approximate surface area is 43.6 Å². The number of aromatic nitrogens is 2. The summed E-state index contributed by atoms with van der Waals surface area (Å²) >= 11 is 3.04. The fourth-order valence-electron chi connectivity index (χ4n) is 0.172. The summed E-state index contributed by atoms with van der Waals surface area (Å²) in [6.45, 7) is 0.